The third-order valence-electron chi connectivity index (χ3n) is 8.18. The van der Waals surface area contributed by atoms with E-state index in [0.717, 1.165) is 5.69 Å². The van der Waals surface area contributed by atoms with E-state index in [-0.39, 0.29) is 0 Å². The Balaban J connectivity index is 1.53. The molecule has 164 valence electrons. The van der Waals surface area contributed by atoms with E-state index < -0.39 is 0 Å². The lowest BCUT2D eigenvalue weighted by atomic mass is 9.84. The van der Waals surface area contributed by atoms with Crippen molar-refractivity contribution in [1.29, 1.82) is 0 Å². The van der Waals surface area contributed by atoms with Gasteiger partial charge in [-0.1, -0.05) is 103 Å². The van der Waals surface area contributed by atoms with Crippen molar-refractivity contribution in [2.24, 2.45) is 0 Å². The maximum Gasteiger partial charge on any atom is 0.0793 e. The Bertz CT molecular complexity index is 2190. The molecule has 7 aromatic carbocycles. The highest BCUT2D eigenvalue weighted by Crippen LogP contribution is 2.53. The molecule has 0 radical (unpaired) electrons. The second-order valence-corrected chi connectivity index (χ2v) is 9.89. The van der Waals surface area contributed by atoms with Crippen LogP contribution in [0.4, 0.5) is 0 Å². The first-order valence-electron chi connectivity index (χ1n) is 12.5. The average molecular weight is 454 g/mol. The van der Waals surface area contributed by atoms with Crippen molar-refractivity contribution in [3.8, 4) is 33.5 Å². The fourth-order valence-electron chi connectivity index (χ4n) is 6.76. The molecule has 0 N–H and O–H groups in total. The minimum Gasteiger partial charge on any atom is -0.256 e. The van der Waals surface area contributed by atoms with Crippen LogP contribution in [0.3, 0.4) is 0 Å². The van der Waals surface area contributed by atoms with Crippen molar-refractivity contribution in [2.75, 3.05) is 0 Å². The van der Waals surface area contributed by atoms with E-state index in [0.29, 0.717) is 0 Å². The van der Waals surface area contributed by atoms with Crippen molar-refractivity contribution < 1.29 is 0 Å². The standard InChI is InChI=1S/C35H19N/c1-2-9-24-23(8-1)32(29-11-4-10-25-28-12-5-19-36-35(28)34(24)33(25)29)27-18-16-22-14-13-20-6-3-7-21-15-17-26(27)31(22)30(20)21/h1-19H. The molecule has 0 spiro atoms. The third kappa shape index (κ3) is 2.15. The molecule has 0 amide bonds. The van der Waals surface area contributed by atoms with E-state index in [9.17, 15) is 0 Å². The first kappa shape index (κ1) is 18.6. The average Bonchev–Trinajstić information content (AvgIpc) is 3.28. The molecule has 0 unspecified atom stereocenters. The second-order valence-electron chi connectivity index (χ2n) is 9.89. The Labute approximate surface area is 207 Å². The van der Waals surface area contributed by atoms with Crippen molar-refractivity contribution in [3.63, 3.8) is 0 Å². The van der Waals surface area contributed by atoms with Gasteiger partial charge in [-0.25, -0.2) is 0 Å². The number of hydrogen-bond donors (Lipinski definition) is 0. The molecule has 1 heterocycles. The Morgan fingerprint density at radius 2 is 1.03 bits per heavy atom. The summed E-state index contributed by atoms with van der Waals surface area (Å²) in [6.07, 6.45) is 1.92. The Morgan fingerprint density at radius 3 is 1.89 bits per heavy atom. The van der Waals surface area contributed by atoms with E-state index in [1.54, 1.807) is 0 Å². The van der Waals surface area contributed by atoms with Gasteiger partial charge < -0.3 is 0 Å². The summed E-state index contributed by atoms with van der Waals surface area (Å²) in [5.41, 5.74) is 7.50. The lowest BCUT2D eigenvalue weighted by Crippen LogP contribution is -1.91. The largest absolute Gasteiger partial charge is 0.256 e. The molecule has 36 heavy (non-hydrogen) atoms. The molecule has 0 atom stereocenters. The topological polar surface area (TPSA) is 12.9 Å². The van der Waals surface area contributed by atoms with Gasteiger partial charge in [-0.15, -0.1) is 0 Å². The monoisotopic (exact) mass is 453 g/mol. The normalized spacial score (nSPS) is 12.4. The van der Waals surface area contributed by atoms with Crippen LogP contribution in [0.15, 0.2) is 115 Å². The summed E-state index contributed by atoms with van der Waals surface area (Å²) in [5.74, 6) is 0. The smallest absolute Gasteiger partial charge is 0.0793 e. The Morgan fingerprint density at radius 1 is 0.361 bits per heavy atom. The molecular formula is C35H19N. The number of benzene rings is 7. The molecular weight excluding hydrogens is 434 g/mol. The van der Waals surface area contributed by atoms with Gasteiger partial charge in [-0.2, -0.15) is 0 Å². The van der Waals surface area contributed by atoms with Crippen LogP contribution >= 0.6 is 0 Å². The predicted molar refractivity (Wildman–Crippen MR) is 153 cm³/mol. The van der Waals surface area contributed by atoms with Gasteiger partial charge in [0.25, 0.3) is 0 Å². The highest BCUT2D eigenvalue weighted by Gasteiger charge is 2.27. The minimum atomic E-state index is 1.10. The van der Waals surface area contributed by atoms with Gasteiger partial charge in [0.1, 0.15) is 0 Å². The summed E-state index contributed by atoms with van der Waals surface area (Å²) in [7, 11) is 0. The van der Waals surface area contributed by atoms with Gasteiger partial charge in [0, 0.05) is 22.7 Å². The van der Waals surface area contributed by atoms with Crippen molar-refractivity contribution in [1.82, 2.24) is 4.98 Å². The molecule has 0 saturated carbocycles. The van der Waals surface area contributed by atoms with Crippen LogP contribution in [0.2, 0.25) is 0 Å². The lowest BCUT2D eigenvalue weighted by Gasteiger charge is -2.18. The number of rotatable bonds is 1. The number of nitrogens with zero attached hydrogens (tertiary/aromatic N) is 1. The van der Waals surface area contributed by atoms with E-state index in [1.165, 1.54) is 81.7 Å². The molecule has 1 aromatic heterocycles. The second kappa shape index (κ2) is 6.47. The zero-order valence-corrected chi connectivity index (χ0v) is 19.4. The number of pyridine rings is 1. The molecule has 1 aliphatic carbocycles. The predicted octanol–water partition coefficient (Wildman–Crippen LogP) is 9.60. The van der Waals surface area contributed by atoms with E-state index in [2.05, 4.69) is 103 Å². The zero-order chi connectivity index (χ0) is 23.4. The molecule has 0 aliphatic heterocycles. The quantitative estimate of drug-likeness (QED) is 0.178. The van der Waals surface area contributed by atoms with Crippen LogP contribution < -0.4 is 0 Å². The van der Waals surface area contributed by atoms with Crippen LogP contribution in [-0.4, -0.2) is 4.98 Å². The van der Waals surface area contributed by atoms with Crippen LogP contribution in [-0.2, 0) is 0 Å². The first-order chi connectivity index (χ1) is 17.9. The van der Waals surface area contributed by atoms with Crippen molar-refractivity contribution in [3.05, 3.63) is 115 Å². The molecule has 8 aromatic rings. The summed E-state index contributed by atoms with van der Waals surface area (Å²) < 4.78 is 0. The first-order valence-corrected chi connectivity index (χ1v) is 12.5. The number of aromatic nitrogens is 1. The number of hydrogen-bond acceptors (Lipinski definition) is 1. The van der Waals surface area contributed by atoms with E-state index in [4.69, 9.17) is 4.98 Å². The molecule has 9 rings (SSSR count). The van der Waals surface area contributed by atoms with Crippen LogP contribution in [0.1, 0.15) is 0 Å². The van der Waals surface area contributed by atoms with E-state index in [1.807, 2.05) is 12.3 Å². The van der Waals surface area contributed by atoms with Crippen molar-refractivity contribution >= 4 is 53.9 Å². The maximum atomic E-state index is 4.86. The van der Waals surface area contributed by atoms with E-state index >= 15 is 0 Å². The zero-order valence-electron chi connectivity index (χ0n) is 19.4. The van der Waals surface area contributed by atoms with Gasteiger partial charge in [-0.05, 0) is 71.2 Å². The molecule has 0 saturated heterocycles. The molecule has 0 bridgehead atoms. The fourth-order valence-corrected chi connectivity index (χ4v) is 6.76. The summed E-state index contributed by atoms with van der Waals surface area (Å²) in [6.45, 7) is 0. The minimum absolute atomic E-state index is 1.10. The van der Waals surface area contributed by atoms with Crippen LogP contribution in [0.5, 0.6) is 0 Å². The molecule has 1 nitrogen and oxygen atoms in total. The number of fused-ring (bicyclic) bond motifs is 5. The summed E-state index contributed by atoms with van der Waals surface area (Å²) in [4.78, 5) is 4.86. The third-order valence-corrected chi connectivity index (χ3v) is 8.18. The molecule has 0 fully saturated rings. The Hall–Kier alpha value is -4.75. The van der Waals surface area contributed by atoms with Gasteiger partial charge in [0.2, 0.25) is 0 Å². The molecule has 1 aliphatic rings. The highest BCUT2D eigenvalue weighted by molar-refractivity contribution is 6.32. The summed E-state index contributed by atoms with van der Waals surface area (Å²) in [5, 5.41) is 13.1. The van der Waals surface area contributed by atoms with Crippen LogP contribution in [0, 0.1) is 0 Å². The van der Waals surface area contributed by atoms with Gasteiger partial charge in [0.15, 0.2) is 0 Å². The van der Waals surface area contributed by atoms with Crippen LogP contribution in [0.25, 0.3) is 87.4 Å². The lowest BCUT2D eigenvalue weighted by molar-refractivity contribution is 1.35. The SMILES string of the molecule is c1cnc2c(c1)-c1cccc3c(-c4ccc5ccc6cccc7ccc4c5c67)c4ccccc4c-2c13. The summed E-state index contributed by atoms with van der Waals surface area (Å²) in [6, 6.07) is 40.3. The highest BCUT2D eigenvalue weighted by atomic mass is 14.7. The van der Waals surface area contributed by atoms with Crippen molar-refractivity contribution in [2.45, 2.75) is 0 Å². The maximum absolute atomic E-state index is 4.86. The fraction of sp³-hybridized carbons (Fsp3) is 0. The van der Waals surface area contributed by atoms with Gasteiger partial charge in [0.05, 0.1) is 5.69 Å². The summed E-state index contributed by atoms with van der Waals surface area (Å²) >= 11 is 0. The Kier molecular flexibility index (Phi) is 3.34. The van der Waals surface area contributed by atoms with Gasteiger partial charge >= 0.3 is 0 Å². The van der Waals surface area contributed by atoms with Gasteiger partial charge in [-0.3, -0.25) is 4.98 Å². The molecule has 1 heteroatoms.